The quantitative estimate of drug-likeness (QED) is 0.327. The second kappa shape index (κ2) is 8.92. The summed E-state index contributed by atoms with van der Waals surface area (Å²) in [6.45, 7) is 1.91. The summed E-state index contributed by atoms with van der Waals surface area (Å²) in [6.07, 6.45) is 2.92. The number of rotatable bonds is 6. The highest BCUT2D eigenvalue weighted by Gasteiger charge is 2.43. The molecule has 1 N–H and O–H groups in total. The number of non-ortho nitro benzene ring substituents is 1. The van der Waals surface area contributed by atoms with Crippen LogP contribution < -0.4 is 4.90 Å². The Morgan fingerprint density at radius 1 is 1.00 bits per heavy atom. The first kappa shape index (κ1) is 21.7. The molecule has 0 bridgehead atoms. The number of ketones is 1. The van der Waals surface area contributed by atoms with E-state index in [1.165, 1.54) is 35.2 Å². The van der Waals surface area contributed by atoms with Gasteiger partial charge in [-0.1, -0.05) is 54.1 Å². The van der Waals surface area contributed by atoms with E-state index in [0.29, 0.717) is 11.3 Å². The Morgan fingerprint density at radius 3 is 2.24 bits per heavy atom. The number of anilines is 1. The van der Waals surface area contributed by atoms with Crippen LogP contribution in [-0.4, -0.2) is 21.7 Å². The Morgan fingerprint density at radius 2 is 1.64 bits per heavy atom. The van der Waals surface area contributed by atoms with Crippen LogP contribution in [0.5, 0.6) is 0 Å². The van der Waals surface area contributed by atoms with E-state index in [4.69, 9.17) is 0 Å². The summed E-state index contributed by atoms with van der Waals surface area (Å²) in [5.41, 5.74) is 2.54. The number of allylic oxidation sites excluding steroid dienone is 1. The fourth-order valence-electron chi connectivity index (χ4n) is 3.75. The van der Waals surface area contributed by atoms with E-state index in [0.717, 1.165) is 11.1 Å². The van der Waals surface area contributed by atoms with Gasteiger partial charge in [0, 0.05) is 17.8 Å². The van der Waals surface area contributed by atoms with Crippen LogP contribution in [0.15, 0.2) is 96.3 Å². The van der Waals surface area contributed by atoms with Crippen molar-refractivity contribution >= 4 is 29.1 Å². The van der Waals surface area contributed by atoms with Gasteiger partial charge >= 0.3 is 0 Å². The van der Waals surface area contributed by atoms with Crippen molar-refractivity contribution in [3.05, 3.63) is 123 Å². The van der Waals surface area contributed by atoms with Gasteiger partial charge in [-0.2, -0.15) is 0 Å². The average molecular weight is 440 g/mol. The number of carbonyl (C=O) groups is 2. The zero-order valence-corrected chi connectivity index (χ0v) is 17.7. The van der Waals surface area contributed by atoms with Crippen LogP contribution in [0.2, 0.25) is 0 Å². The van der Waals surface area contributed by atoms with Gasteiger partial charge in [0.1, 0.15) is 0 Å². The molecular formula is C26H20N2O5. The third-order valence-corrected chi connectivity index (χ3v) is 5.43. The Bertz CT molecular complexity index is 1280. The topological polar surface area (TPSA) is 101 Å². The smallest absolute Gasteiger partial charge is 0.294 e. The maximum atomic E-state index is 13.2. The molecule has 1 amide bonds. The van der Waals surface area contributed by atoms with Crippen molar-refractivity contribution in [3.8, 4) is 0 Å². The Hall–Kier alpha value is -4.52. The van der Waals surface area contributed by atoms with Crippen LogP contribution in [0.3, 0.4) is 0 Å². The van der Waals surface area contributed by atoms with E-state index in [2.05, 4.69) is 0 Å². The molecule has 1 aliphatic heterocycles. The molecular weight excluding hydrogens is 420 g/mol. The zero-order chi connectivity index (χ0) is 23.5. The fraction of sp³-hybridized carbons (Fsp3) is 0.0769. The molecule has 0 aromatic heterocycles. The van der Waals surface area contributed by atoms with Gasteiger partial charge in [0.05, 0.1) is 16.5 Å². The zero-order valence-electron chi connectivity index (χ0n) is 17.7. The third-order valence-electron chi connectivity index (χ3n) is 5.43. The minimum absolute atomic E-state index is 0.0818. The molecule has 0 spiro atoms. The highest BCUT2D eigenvalue weighted by Crippen LogP contribution is 2.41. The number of aliphatic hydroxyl groups excluding tert-OH is 1. The molecule has 7 heteroatoms. The molecule has 164 valence electrons. The van der Waals surface area contributed by atoms with E-state index in [-0.39, 0.29) is 11.3 Å². The normalized spacial score (nSPS) is 16.0. The Balaban J connectivity index is 1.79. The van der Waals surface area contributed by atoms with E-state index < -0.39 is 28.4 Å². The second-order valence-electron chi connectivity index (χ2n) is 7.63. The van der Waals surface area contributed by atoms with E-state index >= 15 is 0 Å². The SMILES string of the molecule is Cc1ccc(N2C(=O)C(O)=C(C(=O)/C=C/c3ccccc3)C2c2ccc([N+](=O)[O-])cc2)cc1. The molecule has 1 aliphatic rings. The number of carbonyl (C=O) groups excluding carboxylic acids is 2. The van der Waals surface area contributed by atoms with Crippen molar-refractivity contribution in [1.29, 1.82) is 0 Å². The van der Waals surface area contributed by atoms with Crippen molar-refractivity contribution in [2.24, 2.45) is 0 Å². The van der Waals surface area contributed by atoms with Gasteiger partial charge in [0.2, 0.25) is 0 Å². The average Bonchev–Trinajstić information content (AvgIpc) is 3.09. The molecule has 3 aromatic carbocycles. The maximum absolute atomic E-state index is 13.2. The van der Waals surface area contributed by atoms with Crippen LogP contribution >= 0.6 is 0 Å². The Kier molecular flexibility index (Phi) is 5.87. The van der Waals surface area contributed by atoms with Crippen molar-refractivity contribution in [3.63, 3.8) is 0 Å². The lowest BCUT2D eigenvalue weighted by atomic mass is 9.95. The monoisotopic (exact) mass is 440 g/mol. The molecule has 1 atom stereocenters. The predicted octanol–water partition coefficient (Wildman–Crippen LogP) is 5.09. The third kappa shape index (κ3) is 4.29. The Labute approximate surface area is 190 Å². The number of nitrogens with zero attached hydrogens (tertiary/aromatic N) is 2. The standard InChI is InChI=1S/C26H20N2O5/c1-17-7-12-20(13-8-17)27-24(19-10-14-21(15-11-19)28(32)33)23(25(30)26(27)31)22(29)16-9-18-5-3-2-4-6-18/h2-16,24,30H,1H3/b16-9+. The number of hydrogen-bond acceptors (Lipinski definition) is 5. The number of hydrogen-bond donors (Lipinski definition) is 1. The molecule has 7 nitrogen and oxygen atoms in total. The molecule has 3 aromatic rings. The van der Waals surface area contributed by atoms with Gasteiger partial charge in [-0.05, 0) is 48.4 Å². The van der Waals surface area contributed by atoms with Crippen LogP contribution in [0.25, 0.3) is 6.08 Å². The first-order chi connectivity index (χ1) is 15.9. The van der Waals surface area contributed by atoms with E-state index in [1.807, 2.05) is 49.4 Å². The summed E-state index contributed by atoms with van der Waals surface area (Å²) < 4.78 is 0. The molecule has 1 heterocycles. The van der Waals surface area contributed by atoms with E-state index in [9.17, 15) is 24.8 Å². The number of aryl methyl sites for hydroxylation is 1. The summed E-state index contributed by atoms with van der Waals surface area (Å²) in [5, 5.41) is 21.8. The van der Waals surface area contributed by atoms with Crippen molar-refractivity contribution in [2.75, 3.05) is 4.90 Å². The summed E-state index contributed by atoms with van der Waals surface area (Å²) in [5.74, 6) is -1.87. The highest BCUT2D eigenvalue weighted by molar-refractivity contribution is 6.19. The number of nitro groups is 1. The van der Waals surface area contributed by atoms with Gasteiger partial charge in [-0.3, -0.25) is 24.6 Å². The van der Waals surface area contributed by atoms with Gasteiger partial charge in [-0.15, -0.1) is 0 Å². The molecule has 0 saturated carbocycles. The number of aliphatic hydroxyl groups is 1. The number of amides is 1. The van der Waals surface area contributed by atoms with E-state index in [1.54, 1.807) is 18.2 Å². The lowest BCUT2D eigenvalue weighted by molar-refractivity contribution is -0.384. The molecule has 0 radical (unpaired) electrons. The summed E-state index contributed by atoms with van der Waals surface area (Å²) in [7, 11) is 0. The minimum atomic E-state index is -0.936. The van der Waals surface area contributed by atoms with Gasteiger partial charge in [0.25, 0.3) is 11.6 Å². The minimum Gasteiger partial charge on any atom is -0.503 e. The molecule has 0 aliphatic carbocycles. The van der Waals surface area contributed by atoms with Crippen LogP contribution in [0.4, 0.5) is 11.4 Å². The first-order valence-corrected chi connectivity index (χ1v) is 10.2. The lowest BCUT2D eigenvalue weighted by Gasteiger charge is -2.26. The van der Waals surface area contributed by atoms with Crippen LogP contribution in [0, 0.1) is 17.0 Å². The van der Waals surface area contributed by atoms with Crippen molar-refractivity contribution < 1.29 is 19.6 Å². The van der Waals surface area contributed by atoms with Crippen LogP contribution in [-0.2, 0) is 9.59 Å². The first-order valence-electron chi connectivity index (χ1n) is 10.2. The molecule has 4 rings (SSSR count). The molecule has 0 fully saturated rings. The summed E-state index contributed by atoms with van der Waals surface area (Å²) in [4.78, 5) is 38.1. The largest absolute Gasteiger partial charge is 0.503 e. The molecule has 1 unspecified atom stereocenters. The van der Waals surface area contributed by atoms with Crippen molar-refractivity contribution in [2.45, 2.75) is 13.0 Å². The summed E-state index contributed by atoms with van der Waals surface area (Å²) in [6, 6.07) is 20.9. The second-order valence-corrected chi connectivity index (χ2v) is 7.63. The lowest BCUT2D eigenvalue weighted by Crippen LogP contribution is -2.30. The van der Waals surface area contributed by atoms with Gasteiger partial charge in [0.15, 0.2) is 11.5 Å². The molecule has 33 heavy (non-hydrogen) atoms. The maximum Gasteiger partial charge on any atom is 0.294 e. The predicted molar refractivity (Wildman–Crippen MR) is 125 cm³/mol. The molecule has 0 saturated heterocycles. The van der Waals surface area contributed by atoms with Gasteiger partial charge in [-0.25, -0.2) is 0 Å². The number of benzene rings is 3. The highest BCUT2D eigenvalue weighted by atomic mass is 16.6. The fourth-order valence-corrected chi connectivity index (χ4v) is 3.75. The van der Waals surface area contributed by atoms with Crippen LogP contribution in [0.1, 0.15) is 22.7 Å². The summed E-state index contributed by atoms with van der Waals surface area (Å²) >= 11 is 0. The number of nitro benzene ring substituents is 1. The van der Waals surface area contributed by atoms with Crippen molar-refractivity contribution in [1.82, 2.24) is 0 Å². The van der Waals surface area contributed by atoms with Gasteiger partial charge < -0.3 is 5.11 Å².